The van der Waals surface area contributed by atoms with Gasteiger partial charge >= 0.3 is 0 Å². The number of aryl methyl sites for hydroxylation is 2. The minimum Gasteiger partial charge on any atom is -0.337 e. The van der Waals surface area contributed by atoms with Crippen molar-refractivity contribution in [3.63, 3.8) is 0 Å². The predicted molar refractivity (Wildman–Crippen MR) is 136 cm³/mol. The molecule has 4 aromatic rings. The van der Waals surface area contributed by atoms with Gasteiger partial charge in [-0.25, -0.2) is 4.98 Å². The Morgan fingerprint density at radius 2 is 1.94 bits per heavy atom. The average molecular weight is 476 g/mol. The molecule has 0 saturated carbocycles. The molecule has 3 heterocycles. The molecule has 0 fully saturated rings. The Hall–Kier alpha value is -2.90. The predicted octanol–water partition coefficient (Wildman–Crippen LogP) is 5.13. The highest BCUT2D eigenvalue weighted by Crippen LogP contribution is 2.29. The van der Waals surface area contributed by atoms with E-state index in [4.69, 9.17) is 4.98 Å². The van der Waals surface area contributed by atoms with Gasteiger partial charge in [0.2, 0.25) is 5.91 Å². The van der Waals surface area contributed by atoms with Crippen molar-refractivity contribution in [2.75, 3.05) is 6.54 Å². The number of thiophene rings is 1. The van der Waals surface area contributed by atoms with Gasteiger partial charge in [0, 0.05) is 18.0 Å². The maximum Gasteiger partial charge on any atom is 0.266 e. The van der Waals surface area contributed by atoms with E-state index in [0.717, 1.165) is 29.8 Å². The molecular formula is C26H25N3O2S2. The molecule has 1 amide bonds. The van der Waals surface area contributed by atoms with Crippen LogP contribution < -0.4 is 5.56 Å². The third-order valence-electron chi connectivity index (χ3n) is 6.24. The van der Waals surface area contributed by atoms with Crippen LogP contribution in [0.3, 0.4) is 0 Å². The van der Waals surface area contributed by atoms with Crippen molar-refractivity contribution in [3.8, 4) is 5.69 Å². The Balaban J connectivity index is 1.52. The lowest BCUT2D eigenvalue weighted by Crippen LogP contribution is -2.40. The number of nitrogens with zero attached hydrogens (tertiary/aromatic N) is 3. The third-order valence-corrected chi connectivity index (χ3v) is 8.31. The van der Waals surface area contributed by atoms with Crippen molar-refractivity contribution in [3.05, 3.63) is 85.8 Å². The molecule has 2 aromatic heterocycles. The smallest absolute Gasteiger partial charge is 0.266 e. The molecule has 0 bridgehead atoms. The SMILES string of the molecule is Cc1ccc(-n2c(SC(C)C(=O)N3CCc4sccc4C3)nc3ccccc3c2=O)cc1C. The van der Waals surface area contributed by atoms with Gasteiger partial charge < -0.3 is 4.90 Å². The quantitative estimate of drug-likeness (QED) is 0.303. The molecule has 33 heavy (non-hydrogen) atoms. The second-order valence-corrected chi connectivity index (χ2v) is 10.8. The molecule has 5 rings (SSSR count). The van der Waals surface area contributed by atoms with Gasteiger partial charge in [-0.05, 0) is 79.6 Å². The minimum atomic E-state index is -0.365. The van der Waals surface area contributed by atoms with E-state index in [2.05, 4.69) is 18.4 Å². The maximum atomic E-state index is 13.5. The number of thioether (sulfide) groups is 1. The van der Waals surface area contributed by atoms with Gasteiger partial charge in [-0.15, -0.1) is 11.3 Å². The van der Waals surface area contributed by atoms with Crippen LogP contribution in [0.15, 0.2) is 63.9 Å². The summed E-state index contributed by atoms with van der Waals surface area (Å²) in [6.45, 7) is 7.37. The van der Waals surface area contributed by atoms with Gasteiger partial charge in [-0.1, -0.05) is 30.0 Å². The first-order valence-corrected chi connectivity index (χ1v) is 12.8. The van der Waals surface area contributed by atoms with E-state index in [0.29, 0.717) is 22.6 Å². The van der Waals surface area contributed by atoms with Crippen LogP contribution in [0.1, 0.15) is 28.5 Å². The first kappa shape index (κ1) is 21.9. The van der Waals surface area contributed by atoms with Gasteiger partial charge in [-0.2, -0.15) is 0 Å². The van der Waals surface area contributed by atoms with Crippen molar-refractivity contribution < 1.29 is 4.79 Å². The minimum absolute atomic E-state index is 0.0749. The van der Waals surface area contributed by atoms with Gasteiger partial charge in [0.1, 0.15) is 0 Å². The van der Waals surface area contributed by atoms with Crippen LogP contribution in [-0.4, -0.2) is 32.2 Å². The fourth-order valence-electron chi connectivity index (χ4n) is 4.19. The number of carbonyl (C=O) groups is 1. The molecule has 1 unspecified atom stereocenters. The molecule has 1 aliphatic rings. The van der Waals surface area contributed by atoms with E-state index in [9.17, 15) is 9.59 Å². The number of carbonyl (C=O) groups excluding carboxylic acids is 1. The van der Waals surface area contributed by atoms with Gasteiger partial charge in [0.05, 0.1) is 21.8 Å². The molecule has 7 heteroatoms. The van der Waals surface area contributed by atoms with Crippen molar-refractivity contribution >= 4 is 39.9 Å². The molecule has 0 aliphatic carbocycles. The summed E-state index contributed by atoms with van der Waals surface area (Å²) in [5.74, 6) is 0.0749. The Bertz CT molecular complexity index is 1420. The zero-order valence-corrected chi connectivity index (χ0v) is 20.5. The lowest BCUT2D eigenvalue weighted by atomic mass is 10.1. The number of benzene rings is 2. The monoisotopic (exact) mass is 475 g/mol. The van der Waals surface area contributed by atoms with Crippen LogP contribution in [0.2, 0.25) is 0 Å². The van der Waals surface area contributed by atoms with Crippen LogP contribution in [0.25, 0.3) is 16.6 Å². The Morgan fingerprint density at radius 3 is 2.76 bits per heavy atom. The number of hydrogen-bond acceptors (Lipinski definition) is 5. The molecule has 0 N–H and O–H groups in total. The van der Waals surface area contributed by atoms with Gasteiger partial charge in [0.25, 0.3) is 5.56 Å². The lowest BCUT2D eigenvalue weighted by molar-refractivity contribution is -0.131. The van der Waals surface area contributed by atoms with E-state index in [1.807, 2.05) is 55.1 Å². The lowest BCUT2D eigenvalue weighted by Gasteiger charge is -2.29. The van der Waals surface area contributed by atoms with Crippen molar-refractivity contribution in [1.29, 1.82) is 0 Å². The number of hydrogen-bond donors (Lipinski definition) is 0. The molecule has 0 spiro atoms. The third kappa shape index (κ3) is 4.11. The zero-order valence-electron chi connectivity index (χ0n) is 18.9. The van der Waals surface area contributed by atoms with Crippen LogP contribution in [0, 0.1) is 13.8 Å². The highest BCUT2D eigenvalue weighted by molar-refractivity contribution is 8.00. The highest BCUT2D eigenvalue weighted by Gasteiger charge is 2.27. The normalized spacial score (nSPS) is 14.3. The molecule has 2 aromatic carbocycles. The summed E-state index contributed by atoms with van der Waals surface area (Å²) in [5.41, 5.74) is 4.80. The topological polar surface area (TPSA) is 55.2 Å². The first-order valence-electron chi connectivity index (χ1n) is 11.0. The van der Waals surface area contributed by atoms with E-state index in [-0.39, 0.29) is 16.7 Å². The maximum absolute atomic E-state index is 13.5. The van der Waals surface area contributed by atoms with Crippen molar-refractivity contribution in [1.82, 2.24) is 14.5 Å². The van der Waals surface area contributed by atoms with E-state index in [1.165, 1.54) is 22.2 Å². The second-order valence-electron chi connectivity index (χ2n) is 8.46. The average Bonchev–Trinajstić information content (AvgIpc) is 3.29. The Kier molecular flexibility index (Phi) is 5.85. The van der Waals surface area contributed by atoms with Gasteiger partial charge in [-0.3, -0.25) is 14.2 Å². The van der Waals surface area contributed by atoms with Gasteiger partial charge in [0.15, 0.2) is 5.16 Å². The fourth-order valence-corrected chi connectivity index (χ4v) is 6.09. The summed E-state index contributed by atoms with van der Waals surface area (Å²) in [7, 11) is 0. The van der Waals surface area contributed by atoms with Crippen LogP contribution in [0.5, 0.6) is 0 Å². The largest absolute Gasteiger partial charge is 0.337 e. The molecule has 5 nitrogen and oxygen atoms in total. The highest BCUT2D eigenvalue weighted by atomic mass is 32.2. The molecule has 168 valence electrons. The molecule has 1 atom stereocenters. The number of para-hydroxylation sites is 1. The summed E-state index contributed by atoms with van der Waals surface area (Å²) in [5, 5.41) is 2.84. The van der Waals surface area contributed by atoms with Crippen molar-refractivity contribution in [2.24, 2.45) is 0 Å². The van der Waals surface area contributed by atoms with E-state index in [1.54, 1.807) is 22.0 Å². The summed E-state index contributed by atoms with van der Waals surface area (Å²) >= 11 is 3.12. The zero-order chi connectivity index (χ0) is 23.1. The van der Waals surface area contributed by atoms with Crippen molar-refractivity contribution in [2.45, 2.75) is 44.1 Å². The summed E-state index contributed by atoms with van der Waals surface area (Å²) in [4.78, 5) is 35.0. The van der Waals surface area contributed by atoms with Crippen LogP contribution >= 0.6 is 23.1 Å². The first-order chi connectivity index (χ1) is 15.9. The number of amides is 1. The number of fused-ring (bicyclic) bond motifs is 2. The summed E-state index contributed by atoms with van der Waals surface area (Å²) in [6, 6.07) is 15.5. The molecule has 0 radical (unpaired) electrons. The van der Waals surface area contributed by atoms with E-state index >= 15 is 0 Å². The number of rotatable bonds is 4. The molecular weight excluding hydrogens is 450 g/mol. The molecule has 0 saturated heterocycles. The summed E-state index contributed by atoms with van der Waals surface area (Å²) in [6.07, 6.45) is 0.900. The standard InChI is InChI=1S/C26H25N3O2S2/c1-16-8-9-20(14-17(16)2)29-25(31)21-6-4-5-7-22(21)27-26(29)33-18(3)24(30)28-12-10-23-19(15-28)11-13-32-23/h4-9,11,13-14,18H,10,12,15H2,1-3H3. The van der Waals surface area contributed by atoms with Crippen LogP contribution in [-0.2, 0) is 17.8 Å². The summed E-state index contributed by atoms with van der Waals surface area (Å²) < 4.78 is 1.65. The second kappa shape index (κ2) is 8.80. The van der Waals surface area contributed by atoms with E-state index < -0.39 is 0 Å². The number of aromatic nitrogens is 2. The Labute approximate surface area is 201 Å². The van der Waals surface area contributed by atoms with Crippen LogP contribution in [0.4, 0.5) is 0 Å². The molecule has 1 aliphatic heterocycles. The Morgan fingerprint density at radius 1 is 1.12 bits per heavy atom. The fraction of sp³-hybridized carbons (Fsp3) is 0.269.